The van der Waals surface area contributed by atoms with Crippen LogP contribution in [0.2, 0.25) is 15.2 Å². The first-order valence-electron chi connectivity index (χ1n) is 8.41. The minimum atomic E-state index is -0.698. The van der Waals surface area contributed by atoms with E-state index in [-0.39, 0.29) is 33.7 Å². The first-order chi connectivity index (χ1) is 13.8. The summed E-state index contributed by atoms with van der Waals surface area (Å²) in [6.45, 7) is 1.77. The Morgan fingerprint density at radius 3 is 2.69 bits per heavy atom. The number of aromatic amines is 1. The van der Waals surface area contributed by atoms with Crippen LogP contribution in [-0.2, 0) is 13.0 Å². The van der Waals surface area contributed by atoms with E-state index in [0.29, 0.717) is 27.5 Å². The van der Waals surface area contributed by atoms with Gasteiger partial charge in [-0.25, -0.2) is 9.37 Å². The van der Waals surface area contributed by atoms with Gasteiger partial charge in [0.25, 0.3) is 5.91 Å². The zero-order chi connectivity index (χ0) is 21.1. The van der Waals surface area contributed by atoms with Crippen molar-refractivity contribution in [2.45, 2.75) is 19.9 Å². The van der Waals surface area contributed by atoms with Gasteiger partial charge in [-0.2, -0.15) is 0 Å². The van der Waals surface area contributed by atoms with Crippen LogP contribution in [0.4, 0.5) is 4.39 Å². The van der Waals surface area contributed by atoms with Crippen LogP contribution < -0.4 is 10.1 Å². The summed E-state index contributed by atoms with van der Waals surface area (Å²) in [5.74, 6) is -0.501. The Labute approximate surface area is 189 Å². The number of hydrogen-bond acceptors (Lipinski definition) is 3. The summed E-state index contributed by atoms with van der Waals surface area (Å²) in [4.78, 5) is 19.2. The number of amides is 1. The third-order valence-corrected chi connectivity index (χ3v) is 5.13. The molecule has 5 nitrogen and oxygen atoms in total. The van der Waals surface area contributed by atoms with Gasteiger partial charge in [-0.3, -0.25) is 4.79 Å². The molecular formula is C19H14BrCl3FN3O2. The fourth-order valence-electron chi connectivity index (χ4n) is 2.48. The molecule has 0 saturated carbocycles. The molecule has 0 unspecified atom stereocenters. The smallest absolute Gasteiger partial charge is 0.273 e. The molecule has 10 heteroatoms. The molecule has 0 saturated heterocycles. The number of hydrogen-bond donors (Lipinski definition) is 2. The van der Waals surface area contributed by atoms with Crippen molar-refractivity contribution in [1.29, 1.82) is 0 Å². The standard InChI is InChI=1S/C19H14BrCl3FN3O2/c1-2-14-26-16(18(23)27-14)19(28)25-8-9-3-4-13(22)17(15(9)24)29-12-6-10(20)5-11(21)7-12/h3-7H,2,8H2,1H3,(H,25,28)(H,26,27). The Kier molecular flexibility index (Phi) is 7.05. The van der Waals surface area contributed by atoms with Crippen LogP contribution in [0.1, 0.15) is 28.8 Å². The highest BCUT2D eigenvalue weighted by atomic mass is 79.9. The fraction of sp³-hybridized carbons (Fsp3) is 0.158. The monoisotopic (exact) mass is 519 g/mol. The Hall–Kier alpha value is -1.80. The summed E-state index contributed by atoms with van der Waals surface area (Å²) in [7, 11) is 0. The number of carbonyl (C=O) groups is 1. The van der Waals surface area contributed by atoms with E-state index in [1.165, 1.54) is 18.2 Å². The van der Waals surface area contributed by atoms with Gasteiger partial charge in [-0.1, -0.05) is 63.7 Å². The normalized spacial score (nSPS) is 10.8. The molecule has 0 radical (unpaired) electrons. The molecule has 29 heavy (non-hydrogen) atoms. The molecule has 1 heterocycles. The van der Waals surface area contributed by atoms with Crippen molar-refractivity contribution in [2.75, 3.05) is 0 Å². The molecule has 0 bridgehead atoms. The Balaban J connectivity index is 1.79. The van der Waals surface area contributed by atoms with Gasteiger partial charge in [0.1, 0.15) is 16.7 Å². The average Bonchev–Trinajstić information content (AvgIpc) is 3.04. The third-order valence-electron chi connectivity index (χ3n) is 3.88. The van der Waals surface area contributed by atoms with E-state index in [1.807, 2.05) is 6.92 Å². The van der Waals surface area contributed by atoms with Crippen molar-refractivity contribution in [3.8, 4) is 11.5 Å². The molecule has 0 atom stereocenters. The lowest BCUT2D eigenvalue weighted by Crippen LogP contribution is -2.24. The lowest BCUT2D eigenvalue weighted by molar-refractivity contribution is 0.0946. The number of rotatable bonds is 6. The highest BCUT2D eigenvalue weighted by Gasteiger charge is 2.19. The van der Waals surface area contributed by atoms with E-state index in [4.69, 9.17) is 39.5 Å². The molecule has 1 aromatic heterocycles. The molecule has 3 rings (SSSR count). The number of aryl methyl sites for hydroxylation is 1. The van der Waals surface area contributed by atoms with Crippen molar-refractivity contribution >= 4 is 56.6 Å². The highest BCUT2D eigenvalue weighted by Crippen LogP contribution is 2.36. The van der Waals surface area contributed by atoms with E-state index >= 15 is 0 Å². The molecule has 152 valence electrons. The van der Waals surface area contributed by atoms with Gasteiger partial charge in [0.2, 0.25) is 0 Å². The van der Waals surface area contributed by atoms with Gasteiger partial charge in [-0.05, 0) is 24.3 Å². The second kappa shape index (κ2) is 9.34. The van der Waals surface area contributed by atoms with Crippen molar-refractivity contribution < 1.29 is 13.9 Å². The third kappa shape index (κ3) is 5.22. The van der Waals surface area contributed by atoms with Crippen molar-refractivity contribution in [3.05, 3.63) is 72.9 Å². The highest BCUT2D eigenvalue weighted by molar-refractivity contribution is 9.10. The molecule has 0 aliphatic rings. The van der Waals surface area contributed by atoms with Gasteiger partial charge in [0, 0.05) is 28.0 Å². The van der Waals surface area contributed by atoms with Crippen LogP contribution in [0.3, 0.4) is 0 Å². The SMILES string of the molecule is CCc1nc(C(=O)NCc2ccc(Cl)c(Oc3cc(Cl)cc(Br)c3)c2F)c(Cl)[nH]1. The summed E-state index contributed by atoms with van der Waals surface area (Å²) >= 11 is 21.4. The lowest BCUT2D eigenvalue weighted by Gasteiger charge is -2.13. The van der Waals surface area contributed by atoms with Crippen molar-refractivity contribution in [1.82, 2.24) is 15.3 Å². The zero-order valence-electron chi connectivity index (χ0n) is 15.0. The number of nitrogens with zero attached hydrogens (tertiary/aromatic N) is 1. The van der Waals surface area contributed by atoms with Gasteiger partial charge in [0.05, 0.1) is 5.02 Å². The minimum absolute atomic E-state index is 0.0538. The van der Waals surface area contributed by atoms with E-state index < -0.39 is 11.7 Å². The molecular weight excluding hydrogens is 507 g/mol. The van der Waals surface area contributed by atoms with E-state index in [9.17, 15) is 9.18 Å². The van der Waals surface area contributed by atoms with Crippen LogP contribution in [0.15, 0.2) is 34.8 Å². The zero-order valence-corrected chi connectivity index (χ0v) is 18.8. The second-order valence-corrected chi connectivity index (χ2v) is 8.08. The largest absolute Gasteiger partial charge is 0.453 e. The van der Waals surface area contributed by atoms with Gasteiger partial charge in [0.15, 0.2) is 17.3 Å². The number of halogens is 5. The minimum Gasteiger partial charge on any atom is -0.453 e. The topological polar surface area (TPSA) is 67.0 Å². The molecule has 0 aliphatic carbocycles. The molecule has 1 amide bonds. The maximum absolute atomic E-state index is 15.0. The lowest BCUT2D eigenvalue weighted by atomic mass is 10.2. The molecule has 2 N–H and O–H groups in total. The summed E-state index contributed by atoms with van der Waals surface area (Å²) in [6.07, 6.45) is 0.596. The predicted octanol–water partition coefficient (Wildman–Crippen LogP) is 6.56. The fourth-order valence-corrected chi connectivity index (χ4v) is 3.73. The number of carbonyl (C=O) groups excluding carboxylic acids is 1. The number of benzene rings is 2. The van der Waals surface area contributed by atoms with E-state index in [1.54, 1.807) is 12.1 Å². The molecule has 0 fully saturated rings. The van der Waals surface area contributed by atoms with Crippen LogP contribution >= 0.6 is 50.7 Å². The summed E-state index contributed by atoms with van der Waals surface area (Å²) in [6, 6.07) is 7.77. The maximum atomic E-state index is 15.0. The number of H-pyrrole nitrogens is 1. The number of nitrogens with one attached hydrogen (secondary N) is 2. The van der Waals surface area contributed by atoms with Gasteiger partial charge < -0.3 is 15.0 Å². The summed E-state index contributed by atoms with van der Waals surface area (Å²) in [5.41, 5.74) is 0.236. The Bertz CT molecular complexity index is 1050. The number of aromatic nitrogens is 2. The average molecular weight is 522 g/mol. The molecule has 3 aromatic rings. The number of imidazole rings is 1. The van der Waals surface area contributed by atoms with Crippen LogP contribution in [0, 0.1) is 5.82 Å². The quantitative estimate of drug-likeness (QED) is 0.386. The Morgan fingerprint density at radius 2 is 2.03 bits per heavy atom. The first kappa shape index (κ1) is 21.9. The molecule has 0 aliphatic heterocycles. The molecule has 0 spiro atoms. The van der Waals surface area contributed by atoms with Gasteiger partial charge in [-0.15, -0.1) is 0 Å². The van der Waals surface area contributed by atoms with E-state index in [2.05, 4.69) is 31.2 Å². The molecule has 2 aromatic carbocycles. The van der Waals surface area contributed by atoms with Crippen molar-refractivity contribution in [2.24, 2.45) is 0 Å². The van der Waals surface area contributed by atoms with Crippen LogP contribution in [0.25, 0.3) is 0 Å². The van der Waals surface area contributed by atoms with E-state index in [0.717, 1.165) is 0 Å². The maximum Gasteiger partial charge on any atom is 0.273 e. The summed E-state index contributed by atoms with van der Waals surface area (Å²) < 4.78 is 21.2. The predicted molar refractivity (Wildman–Crippen MR) is 115 cm³/mol. The Morgan fingerprint density at radius 1 is 1.28 bits per heavy atom. The van der Waals surface area contributed by atoms with Crippen molar-refractivity contribution in [3.63, 3.8) is 0 Å². The summed E-state index contributed by atoms with van der Waals surface area (Å²) in [5, 5.41) is 3.21. The first-order valence-corrected chi connectivity index (χ1v) is 10.3. The van der Waals surface area contributed by atoms with Gasteiger partial charge >= 0.3 is 0 Å². The van der Waals surface area contributed by atoms with Crippen LogP contribution in [-0.4, -0.2) is 15.9 Å². The second-order valence-electron chi connectivity index (χ2n) is 5.94. The number of ether oxygens (including phenoxy) is 1. The van der Waals surface area contributed by atoms with Crippen LogP contribution in [0.5, 0.6) is 11.5 Å².